The van der Waals surface area contributed by atoms with Crippen LogP contribution >= 0.6 is 31.9 Å². The lowest BCUT2D eigenvalue weighted by Gasteiger charge is -2.26. The Balaban J connectivity index is 1.71. The molecule has 2 aliphatic heterocycles. The van der Waals surface area contributed by atoms with E-state index in [4.69, 9.17) is 29.4 Å². The van der Waals surface area contributed by atoms with Crippen LogP contribution < -0.4 is 31.1 Å². The summed E-state index contributed by atoms with van der Waals surface area (Å²) in [5.41, 5.74) is 10.1. The number of nitrogens with zero attached hydrogens (tertiary/aromatic N) is 2. The summed E-state index contributed by atoms with van der Waals surface area (Å²) in [7, 11) is -15.7. The fourth-order valence-electron chi connectivity index (χ4n) is 4.93. The molecular formula is C25H17Br2N5O14S4. The topological polar surface area (TPSA) is 321 Å². The van der Waals surface area contributed by atoms with Gasteiger partial charge in [-0.15, -0.1) is 0 Å². The van der Waals surface area contributed by atoms with Gasteiger partial charge in [-0.3, -0.25) is 18.2 Å². The number of aromatic nitrogens is 1. The molecule has 1 unspecified atom stereocenters. The highest BCUT2D eigenvalue weighted by molar-refractivity contribution is 9.11. The molecule has 264 valence electrons. The van der Waals surface area contributed by atoms with Crippen molar-refractivity contribution in [1.82, 2.24) is 4.98 Å². The third kappa shape index (κ3) is 6.18. The summed E-state index contributed by atoms with van der Waals surface area (Å²) in [5, 5.41) is 1.88. The lowest BCUT2D eigenvalue weighted by Crippen LogP contribution is -2.24. The van der Waals surface area contributed by atoms with Crippen molar-refractivity contribution in [2.24, 2.45) is 4.99 Å². The highest BCUT2D eigenvalue weighted by Crippen LogP contribution is 2.55. The zero-order chi connectivity index (χ0) is 36.8. The summed E-state index contributed by atoms with van der Waals surface area (Å²) in [6.07, 6.45) is 0. The molecule has 0 radical (unpaired) electrons. The van der Waals surface area contributed by atoms with E-state index in [-0.39, 0.29) is 65.5 Å². The van der Waals surface area contributed by atoms with Crippen LogP contribution in [0.3, 0.4) is 0 Å². The van der Waals surface area contributed by atoms with E-state index in [1.807, 2.05) is 0 Å². The van der Waals surface area contributed by atoms with E-state index in [0.717, 1.165) is 12.1 Å². The summed E-state index contributed by atoms with van der Waals surface area (Å²) in [6, 6.07) is 5.43. The molecular weight excluding hydrogens is 882 g/mol. The zero-order valence-electron chi connectivity index (χ0n) is 24.2. The van der Waals surface area contributed by atoms with Crippen LogP contribution in [0.1, 0.15) is 5.56 Å². The minimum absolute atomic E-state index is 0.00455. The first kappa shape index (κ1) is 35.9. The van der Waals surface area contributed by atoms with Crippen molar-refractivity contribution < 1.29 is 61.0 Å². The van der Waals surface area contributed by atoms with Gasteiger partial charge < -0.3 is 30.1 Å². The molecule has 3 aromatic carbocycles. The normalized spacial score (nSPS) is 14.2. The Bertz CT molecular complexity index is 2760. The van der Waals surface area contributed by atoms with E-state index < -0.39 is 79.0 Å². The van der Waals surface area contributed by atoms with Crippen LogP contribution in [-0.2, 0) is 41.7 Å². The van der Waals surface area contributed by atoms with Gasteiger partial charge in [-0.2, -0.15) is 29.5 Å². The molecule has 0 saturated heterocycles. The highest BCUT2D eigenvalue weighted by atomic mass is 79.9. The molecule has 25 heteroatoms. The number of fused-ring (bicyclic) bond motifs is 4. The number of nitrogens with one attached hydrogen (secondary N) is 1. The van der Waals surface area contributed by atoms with Crippen LogP contribution in [0.5, 0.6) is 17.2 Å². The minimum atomic E-state index is -5.47. The Kier molecular flexibility index (Phi) is 8.69. The van der Waals surface area contributed by atoms with Crippen molar-refractivity contribution in [2.75, 3.05) is 16.8 Å². The van der Waals surface area contributed by atoms with Gasteiger partial charge in [0.05, 0.1) is 31.7 Å². The first-order valence-electron chi connectivity index (χ1n) is 12.9. The van der Waals surface area contributed by atoms with Crippen molar-refractivity contribution in [2.45, 2.75) is 21.6 Å². The Hall–Kier alpha value is -3.92. The maximum atomic E-state index is 13.0. The summed E-state index contributed by atoms with van der Waals surface area (Å²) >= 11 is 3.83. The number of halogens is 2. The molecule has 0 aromatic heterocycles. The molecule has 3 aromatic rings. The second-order valence-corrected chi connectivity index (χ2v) is 16.5. The quantitative estimate of drug-likeness (QED) is 0.0531. The van der Waals surface area contributed by atoms with Crippen LogP contribution in [-0.4, -0.2) is 52.7 Å². The Morgan fingerprint density at radius 3 is 2.18 bits per heavy atom. The molecule has 6 rings (SSSR count). The second kappa shape index (κ2) is 12.1. The van der Waals surface area contributed by atoms with Crippen LogP contribution in [0, 0.1) is 6.92 Å². The van der Waals surface area contributed by atoms with Gasteiger partial charge in [-0.1, -0.05) is 0 Å². The van der Waals surface area contributed by atoms with Gasteiger partial charge in [-0.25, -0.2) is 9.98 Å². The third-order valence-electron chi connectivity index (χ3n) is 6.98. The van der Waals surface area contributed by atoms with Gasteiger partial charge in [0.2, 0.25) is 0 Å². The largest absolute Gasteiger partial charge is 0.450 e. The predicted octanol–water partition coefficient (Wildman–Crippen LogP) is 4.27. The molecule has 50 heavy (non-hydrogen) atoms. The molecule has 1 aliphatic carbocycles. The average Bonchev–Trinajstić information content (AvgIpc) is 2.98. The van der Waals surface area contributed by atoms with E-state index in [0.29, 0.717) is 6.07 Å². The molecule has 3 aliphatic rings. The third-order valence-corrected chi connectivity index (χ3v) is 11.5. The van der Waals surface area contributed by atoms with Gasteiger partial charge in [-0.05, 0) is 74.7 Å². The molecule has 0 fully saturated rings. The molecule has 2 heterocycles. The minimum Gasteiger partial charge on any atom is -0.450 e. The van der Waals surface area contributed by atoms with E-state index in [9.17, 15) is 43.1 Å². The number of nitrogen functional groups attached to an aromatic ring is 2. The lowest BCUT2D eigenvalue weighted by molar-refractivity contribution is 0.447. The SMILES string of the molecule is Cc1cc(OS(=O)O)c(N)cc1N=c1c(S(=O)(=O)O)cc2nc3c(Br)c4c(c(Br)c3oc-2c1S(=O)(=O)O)Nc1ccc(N)c(S(=O)(=O)O)c1O4. The van der Waals surface area contributed by atoms with E-state index in [2.05, 4.69) is 47.2 Å². The smallest absolute Gasteiger partial charge is 0.357 e. The van der Waals surface area contributed by atoms with Gasteiger partial charge in [0.1, 0.15) is 27.2 Å². The van der Waals surface area contributed by atoms with Crippen LogP contribution in [0.25, 0.3) is 22.6 Å². The van der Waals surface area contributed by atoms with Crippen LogP contribution in [0.2, 0.25) is 0 Å². The summed E-state index contributed by atoms with van der Waals surface area (Å²) in [6.45, 7) is 1.38. The number of ether oxygens (including phenoxy) is 1. The fraction of sp³-hybridized carbons (Fsp3) is 0.0400. The van der Waals surface area contributed by atoms with Gasteiger partial charge in [0, 0.05) is 0 Å². The first-order valence-corrected chi connectivity index (χ1v) is 19.9. The Morgan fingerprint density at radius 2 is 1.58 bits per heavy atom. The zero-order valence-corrected chi connectivity index (χ0v) is 30.6. The van der Waals surface area contributed by atoms with Crippen LogP contribution in [0.4, 0.5) is 28.4 Å². The number of hydrogen-bond acceptors (Lipinski definition) is 15. The molecule has 0 amide bonds. The highest BCUT2D eigenvalue weighted by Gasteiger charge is 2.35. The number of hydrogen-bond donors (Lipinski definition) is 7. The second-order valence-electron chi connectivity index (χ2n) is 10.2. The Morgan fingerprint density at radius 1 is 0.920 bits per heavy atom. The Labute approximate surface area is 299 Å². The van der Waals surface area contributed by atoms with Crippen molar-refractivity contribution >= 4 is 113 Å². The van der Waals surface area contributed by atoms with E-state index in [1.54, 1.807) is 0 Å². The molecule has 0 bridgehead atoms. The number of aryl methyl sites for hydroxylation is 1. The van der Waals surface area contributed by atoms with Crippen molar-refractivity contribution in [3.63, 3.8) is 0 Å². The molecule has 0 spiro atoms. The maximum absolute atomic E-state index is 13.0. The number of anilines is 4. The molecule has 1 atom stereocenters. The number of nitrogens with two attached hydrogens (primary N) is 2. The van der Waals surface area contributed by atoms with Gasteiger partial charge in [0.15, 0.2) is 38.4 Å². The number of rotatable bonds is 6. The fourth-order valence-corrected chi connectivity index (χ4v) is 8.57. The van der Waals surface area contributed by atoms with Crippen molar-refractivity contribution in [3.05, 3.63) is 50.2 Å². The van der Waals surface area contributed by atoms with E-state index >= 15 is 0 Å². The van der Waals surface area contributed by atoms with Gasteiger partial charge in [0.25, 0.3) is 20.2 Å². The summed E-state index contributed by atoms with van der Waals surface area (Å²) in [5.74, 6) is -1.54. The average molecular weight is 900 g/mol. The first-order chi connectivity index (χ1) is 23.1. The monoisotopic (exact) mass is 897 g/mol. The number of benzene rings is 4. The summed E-state index contributed by atoms with van der Waals surface area (Å²) in [4.78, 5) is 5.25. The van der Waals surface area contributed by atoms with Crippen LogP contribution in [0.15, 0.2) is 63.4 Å². The van der Waals surface area contributed by atoms with Crippen molar-refractivity contribution in [1.29, 1.82) is 0 Å². The van der Waals surface area contributed by atoms with E-state index in [1.165, 1.54) is 19.1 Å². The standard InChI is InChI=1S/C25H17Br2N5O14S4/c1-7-4-13(46-47(33)34)9(29)5-11(7)31-17-14(48(35,36)37)6-12-21(25(17)50(41,42)43)45-23-15(26)18-22(16(27)19(23)32-12)44-20-10(30-18)3-2-8(28)24(20)49(38,39)40/h2-6,30H,28-29H2,1H3,(H,33,34)(H,35,36,37)(H,38,39,40)(H,41,42,43). The molecule has 19 nitrogen and oxygen atoms in total. The predicted molar refractivity (Wildman–Crippen MR) is 182 cm³/mol. The maximum Gasteiger partial charge on any atom is 0.357 e. The van der Waals surface area contributed by atoms with Crippen molar-refractivity contribution in [3.8, 4) is 28.7 Å². The lowest BCUT2D eigenvalue weighted by atomic mass is 10.1. The summed E-state index contributed by atoms with van der Waals surface area (Å²) < 4.78 is 143. The van der Waals surface area contributed by atoms with Gasteiger partial charge >= 0.3 is 21.5 Å². The molecule has 9 N–H and O–H groups in total. The molecule has 0 saturated carbocycles.